The van der Waals surface area contributed by atoms with E-state index < -0.39 is 6.29 Å². The number of hydrogen-bond acceptors (Lipinski definition) is 3. The third kappa shape index (κ3) is 1.05. The Morgan fingerprint density at radius 1 is 1.50 bits per heavy atom. The summed E-state index contributed by atoms with van der Waals surface area (Å²) in [5.41, 5.74) is 0. The lowest BCUT2D eigenvalue weighted by molar-refractivity contribution is -0.123. The Balaban J connectivity index is 2.33. The van der Waals surface area contributed by atoms with Crippen LogP contribution in [-0.4, -0.2) is 12.1 Å². The Bertz CT molecular complexity index is 100. The van der Waals surface area contributed by atoms with E-state index in [0.29, 0.717) is 0 Å². The standard InChI is InChI=1S/C5H8O3/c1-3(2)4(6)5-7-8-5/h3,5H,1-2H3. The first-order valence-electron chi connectivity index (χ1n) is 2.57. The van der Waals surface area contributed by atoms with E-state index in [-0.39, 0.29) is 11.7 Å². The smallest absolute Gasteiger partial charge is 0.282 e. The lowest BCUT2D eigenvalue weighted by Gasteiger charge is -1.93. The molecular formula is C5H8O3. The first kappa shape index (κ1) is 5.72. The van der Waals surface area contributed by atoms with Gasteiger partial charge >= 0.3 is 0 Å². The van der Waals surface area contributed by atoms with Crippen molar-refractivity contribution in [3.8, 4) is 0 Å². The number of ketones is 1. The lowest BCUT2D eigenvalue weighted by Crippen LogP contribution is -2.12. The number of Topliss-reactive ketones (excluding diaryl/α,β-unsaturated/α-hetero) is 1. The van der Waals surface area contributed by atoms with Gasteiger partial charge in [0.15, 0.2) is 5.78 Å². The minimum Gasteiger partial charge on any atom is -0.293 e. The molecule has 1 fully saturated rings. The highest BCUT2D eigenvalue weighted by Gasteiger charge is 2.35. The molecule has 0 radical (unpaired) electrons. The molecule has 0 unspecified atom stereocenters. The van der Waals surface area contributed by atoms with E-state index in [1.165, 1.54) is 0 Å². The van der Waals surface area contributed by atoms with Gasteiger partial charge in [0.05, 0.1) is 0 Å². The van der Waals surface area contributed by atoms with Crippen LogP contribution in [0.3, 0.4) is 0 Å². The van der Waals surface area contributed by atoms with Gasteiger partial charge in [0, 0.05) is 5.92 Å². The SMILES string of the molecule is CC(C)C(=O)C1OO1. The van der Waals surface area contributed by atoms with Crippen LogP contribution >= 0.6 is 0 Å². The summed E-state index contributed by atoms with van der Waals surface area (Å²) in [4.78, 5) is 19.2. The molecule has 1 saturated heterocycles. The summed E-state index contributed by atoms with van der Waals surface area (Å²) in [7, 11) is 0. The summed E-state index contributed by atoms with van der Waals surface area (Å²) in [6.07, 6.45) is -0.546. The molecule has 1 aliphatic rings. The van der Waals surface area contributed by atoms with Gasteiger partial charge in [-0.05, 0) is 0 Å². The van der Waals surface area contributed by atoms with E-state index in [1.807, 2.05) is 13.8 Å². The molecule has 0 aromatic carbocycles. The first-order chi connectivity index (χ1) is 3.72. The molecule has 46 valence electrons. The summed E-state index contributed by atoms with van der Waals surface area (Å²) in [5.74, 6) is 0.0347. The summed E-state index contributed by atoms with van der Waals surface area (Å²) in [5, 5.41) is 0. The quantitative estimate of drug-likeness (QED) is 0.389. The molecule has 3 nitrogen and oxygen atoms in total. The van der Waals surface area contributed by atoms with E-state index in [2.05, 4.69) is 9.78 Å². The fraction of sp³-hybridized carbons (Fsp3) is 0.800. The van der Waals surface area contributed by atoms with E-state index in [9.17, 15) is 4.79 Å². The highest BCUT2D eigenvalue weighted by atomic mass is 17.4. The second-order valence-corrected chi connectivity index (χ2v) is 2.08. The highest BCUT2D eigenvalue weighted by Crippen LogP contribution is 2.16. The molecule has 0 saturated carbocycles. The van der Waals surface area contributed by atoms with E-state index >= 15 is 0 Å². The van der Waals surface area contributed by atoms with Crippen molar-refractivity contribution in [2.45, 2.75) is 20.1 Å². The molecular weight excluding hydrogens is 108 g/mol. The molecule has 0 aliphatic carbocycles. The van der Waals surface area contributed by atoms with Crippen molar-refractivity contribution in [3.05, 3.63) is 0 Å². The van der Waals surface area contributed by atoms with Gasteiger partial charge in [-0.15, -0.1) is 0 Å². The van der Waals surface area contributed by atoms with Gasteiger partial charge in [0.1, 0.15) is 0 Å². The number of carbonyl (C=O) groups is 1. The Hall–Kier alpha value is -0.410. The maximum Gasteiger partial charge on any atom is 0.282 e. The van der Waals surface area contributed by atoms with Crippen molar-refractivity contribution in [2.24, 2.45) is 5.92 Å². The maximum absolute atomic E-state index is 10.7. The van der Waals surface area contributed by atoms with Crippen LogP contribution in [0.4, 0.5) is 0 Å². The zero-order chi connectivity index (χ0) is 6.15. The van der Waals surface area contributed by atoms with Gasteiger partial charge in [-0.1, -0.05) is 13.8 Å². The molecule has 0 spiro atoms. The topological polar surface area (TPSA) is 42.1 Å². The van der Waals surface area contributed by atoms with Crippen molar-refractivity contribution in [2.75, 3.05) is 0 Å². The molecule has 8 heavy (non-hydrogen) atoms. The van der Waals surface area contributed by atoms with Gasteiger partial charge in [-0.3, -0.25) is 4.79 Å². The molecule has 1 heterocycles. The molecule has 0 bridgehead atoms. The monoisotopic (exact) mass is 116 g/mol. The summed E-state index contributed by atoms with van der Waals surface area (Å²) < 4.78 is 0. The van der Waals surface area contributed by atoms with Gasteiger partial charge in [0.25, 0.3) is 6.29 Å². The van der Waals surface area contributed by atoms with E-state index in [4.69, 9.17) is 0 Å². The first-order valence-corrected chi connectivity index (χ1v) is 2.57. The average Bonchev–Trinajstić information content (AvgIpc) is 2.43. The van der Waals surface area contributed by atoms with Crippen LogP contribution in [0.1, 0.15) is 13.8 Å². The average molecular weight is 116 g/mol. The number of rotatable bonds is 2. The van der Waals surface area contributed by atoms with Crippen LogP contribution in [-0.2, 0) is 14.6 Å². The molecule has 0 N–H and O–H groups in total. The third-order valence-electron chi connectivity index (χ3n) is 0.994. The molecule has 0 atom stereocenters. The largest absolute Gasteiger partial charge is 0.293 e. The highest BCUT2D eigenvalue weighted by molar-refractivity contribution is 5.84. The molecule has 3 heteroatoms. The molecule has 1 aliphatic heterocycles. The molecule has 0 aromatic heterocycles. The second-order valence-electron chi connectivity index (χ2n) is 2.08. The van der Waals surface area contributed by atoms with Crippen LogP contribution in [0.2, 0.25) is 0 Å². The van der Waals surface area contributed by atoms with E-state index in [0.717, 1.165) is 0 Å². The third-order valence-corrected chi connectivity index (χ3v) is 0.994. The number of carbonyl (C=O) groups excluding carboxylic acids is 1. The zero-order valence-electron chi connectivity index (χ0n) is 4.88. The fourth-order valence-electron chi connectivity index (χ4n) is 0.395. The van der Waals surface area contributed by atoms with Crippen molar-refractivity contribution in [1.82, 2.24) is 0 Å². The summed E-state index contributed by atoms with van der Waals surface area (Å²) >= 11 is 0. The predicted octanol–water partition coefficient (Wildman–Crippen LogP) is 0.499. The normalized spacial score (nSPS) is 19.4. The lowest BCUT2D eigenvalue weighted by atomic mass is 10.1. The summed E-state index contributed by atoms with van der Waals surface area (Å²) in [6.45, 7) is 3.63. The van der Waals surface area contributed by atoms with Crippen LogP contribution < -0.4 is 0 Å². The van der Waals surface area contributed by atoms with Gasteiger partial charge in [-0.2, -0.15) is 9.78 Å². The molecule has 0 aromatic rings. The minimum absolute atomic E-state index is 0.0162. The zero-order valence-corrected chi connectivity index (χ0v) is 4.88. The molecule has 1 rings (SSSR count). The van der Waals surface area contributed by atoms with Crippen molar-refractivity contribution in [3.63, 3.8) is 0 Å². The van der Waals surface area contributed by atoms with Crippen molar-refractivity contribution >= 4 is 5.78 Å². The van der Waals surface area contributed by atoms with Gasteiger partial charge < -0.3 is 0 Å². The Labute approximate surface area is 47.5 Å². The van der Waals surface area contributed by atoms with Gasteiger partial charge in [0.2, 0.25) is 0 Å². The molecule has 0 amide bonds. The fourth-order valence-corrected chi connectivity index (χ4v) is 0.395. The Kier molecular flexibility index (Phi) is 1.31. The minimum atomic E-state index is -0.546. The maximum atomic E-state index is 10.7. The van der Waals surface area contributed by atoms with Crippen LogP contribution in [0, 0.1) is 5.92 Å². The Morgan fingerprint density at radius 2 is 2.00 bits per heavy atom. The predicted molar refractivity (Wildman–Crippen MR) is 25.8 cm³/mol. The Morgan fingerprint density at radius 3 is 2.12 bits per heavy atom. The summed E-state index contributed by atoms with van der Waals surface area (Å²) in [6, 6.07) is 0. The number of hydrogen-bond donors (Lipinski definition) is 0. The second kappa shape index (κ2) is 1.84. The van der Waals surface area contributed by atoms with E-state index in [1.54, 1.807) is 0 Å². The van der Waals surface area contributed by atoms with Crippen molar-refractivity contribution < 1.29 is 14.6 Å². The van der Waals surface area contributed by atoms with Crippen LogP contribution in [0.25, 0.3) is 0 Å². The van der Waals surface area contributed by atoms with Crippen LogP contribution in [0.5, 0.6) is 0 Å². The van der Waals surface area contributed by atoms with Crippen LogP contribution in [0.15, 0.2) is 0 Å². The van der Waals surface area contributed by atoms with Crippen molar-refractivity contribution in [1.29, 1.82) is 0 Å². The van der Waals surface area contributed by atoms with Gasteiger partial charge in [-0.25, -0.2) is 0 Å².